The van der Waals surface area contributed by atoms with Crippen LogP contribution >= 0.6 is 0 Å². The van der Waals surface area contributed by atoms with Crippen molar-refractivity contribution >= 4 is 27.8 Å². The summed E-state index contributed by atoms with van der Waals surface area (Å²) in [5.74, 6) is -3.00. The standard InChI is InChI=1S/C11H19N3O6S/c1-21(19,20)14-5-3-2-4-8(14)10(16)13-7(11(17)18)6-9(12)15/h7-8H,2-6H2,1H3,(H2,12,15)(H,13,16)(H,17,18)/t7-,8?/m0/s1. The SMILES string of the molecule is CS(=O)(=O)N1CCCCC1C(=O)N[C@@H](CC(N)=O)C(=O)O. The molecule has 1 heterocycles. The van der Waals surface area contributed by atoms with Crippen molar-refractivity contribution in [2.24, 2.45) is 5.73 Å². The fourth-order valence-electron chi connectivity index (χ4n) is 2.23. The van der Waals surface area contributed by atoms with E-state index >= 15 is 0 Å². The highest BCUT2D eigenvalue weighted by atomic mass is 32.2. The monoisotopic (exact) mass is 321 g/mol. The number of hydrogen-bond donors (Lipinski definition) is 3. The summed E-state index contributed by atoms with van der Waals surface area (Å²) in [6.07, 6.45) is 2.06. The second kappa shape index (κ2) is 6.85. The third kappa shape index (κ3) is 4.97. The Balaban J connectivity index is 2.84. The minimum absolute atomic E-state index is 0.213. The number of piperidine rings is 1. The predicted octanol–water partition coefficient (Wildman–Crippen LogP) is -1.75. The number of hydrogen-bond acceptors (Lipinski definition) is 5. The first-order valence-electron chi connectivity index (χ1n) is 6.41. The van der Waals surface area contributed by atoms with Crippen LogP contribution < -0.4 is 11.1 Å². The first-order valence-corrected chi connectivity index (χ1v) is 8.26. The fourth-order valence-corrected chi connectivity index (χ4v) is 3.36. The van der Waals surface area contributed by atoms with Crippen molar-refractivity contribution in [2.45, 2.75) is 37.8 Å². The predicted molar refractivity (Wildman–Crippen MR) is 72.6 cm³/mol. The molecule has 0 saturated carbocycles. The zero-order valence-corrected chi connectivity index (χ0v) is 12.4. The molecule has 10 heteroatoms. The Labute approximate surface area is 122 Å². The van der Waals surface area contributed by atoms with Crippen LogP contribution in [0.5, 0.6) is 0 Å². The van der Waals surface area contributed by atoms with Gasteiger partial charge in [-0.25, -0.2) is 13.2 Å². The molecule has 0 spiro atoms. The molecule has 1 unspecified atom stereocenters. The number of nitrogens with two attached hydrogens (primary N) is 1. The highest BCUT2D eigenvalue weighted by molar-refractivity contribution is 7.88. The summed E-state index contributed by atoms with van der Waals surface area (Å²) < 4.78 is 24.4. The Kier molecular flexibility index (Phi) is 5.67. The molecule has 1 fully saturated rings. The first kappa shape index (κ1) is 17.4. The van der Waals surface area contributed by atoms with E-state index in [0.717, 1.165) is 10.6 Å². The maximum atomic E-state index is 12.1. The summed E-state index contributed by atoms with van der Waals surface area (Å²) >= 11 is 0. The maximum absolute atomic E-state index is 12.1. The Morgan fingerprint density at radius 1 is 1.38 bits per heavy atom. The van der Waals surface area contributed by atoms with Crippen molar-refractivity contribution in [3.8, 4) is 0 Å². The second-order valence-corrected chi connectivity index (χ2v) is 6.89. The van der Waals surface area contributed by atoms with Gasteiger partial charge in [0, 0.05) is 6.54 Å². The van der Waals surface area contributed by atoms with Gasteiger partial charge in [0.2, 0.25) is 21.8 Å². The summed E-state index contributed by atoms with van der Waals surface area (Å²) in [6, 6.07) is -2.41. The summed E-state index contributed by atoms with van der Waals surface area (Å²) in [5.41, 5.74) is 4.92. The van der Waals surface area contributed by atoms with E-state index in [0.29, 0.717) is 19.3 Å². The summed E-state index contributed by atoms with van der Waals surface area (Å²) in [7, 11) is -3.57. The van der Waals surface area contributed by atoms with E-state index in [4.69, 9.17) is 10.8 Å². The van der Waals surface area contributed by atoms with E-state index in [1.165, 1.54) is 0 Å². The number of carboxylic acid groups (broad SMARTS) is 1. The highest BCUT2D eigenvalue weighted by Gasteiger charge is 2.36. The Morgan fingerprint density at radius 3 is 2.48 bits per heavy atom. The van der Waals surface area contributed by atoms with Crippen LogP contribution in [0, 0.1) is 0 Å². The molecule has 1 aliphatic heterocycles. The van der Waals surface area contributed by atoms with Crippen LogP contribution in [0.1, 0.15) is 25.7 Å². The maximum Gasteiger partial charge on any atom is 0.326 e. The number of carbonyl (C=O) groups excluding carboxylic acids is 2. The fraction of sp³-hybridized carbons (Fsp3) is 0.727. The largest absolute Gasteiger partial charge is 0.480 e. The van der Waals surface area contributed by atoms with Crippen molar-refractivity contribution in [1.29, 1.82) is 0 Å². The summed E-state index contributed by atoms with van der Waals surface area (Å²) in [6.45, 7) is 0.213. The molecule has 1 saturated heterocycles. The van der Waals surface area contributed by atoms with Crippen LogP contribution in [0.25, 0.3) is 0 Å². The van der Waals surface area contributed by atoms with Crippen molar-refractivity contribution in [1.82, 2.24) is 9.62 Å². The molecule has 2 amide bonds. The molecule has 0 radical (unpaired) electrons. The second-order valence-electron chi connectivity index (χ2n) is 4.96. The van der Waals surface area contributed by atoms with Crippen LogP contribution in [0.2, 0.25) is 0 Å². The van der Waals surface area contributed by atoms with Gasteiger partial charge >= 0.3 is 5.97 Å². The van der Waals surface area contributed by atoms with Crippen molar-refractivity contribution in [3.63, 3.8) is 0 Å². The molecule has 0 aliphatic carbocycles. The van der Waals surface area contributed by atoms with E-state index in [-0.39, 0.29) is 6.54 Å². The average molecular weight is 321 g/mol. The molecule has 2 atom stereocenters. The topological polar surface area (TPSA) is 147 Å². The van der Waals surface area contributed by atoms with Crippen LogP contribution in [0.3, 0.4) is 0 Å². The van der Waals surface area contributed by atoms with Crippen molar-refractivity contribution < 1.29 is 27.9 Å². The number of amides is 2. The number of nitrogens with one attached hydrogen (secondary N) is 1. The average Bonchev–Trinajstić information content (AvgIpc) is 2.36. The lowest BCUT2D eigenvalue weighted by molar-refractivity contribution is -0.144. The van der Waals surface area contributed by atoms with Gasteiger partial charge in [0.25, 0.3) is 0 Å². The van der Waals surface area contributed by atoms with E-state index in [1.54, 1.807) is 0 Å². The van der Waals surface area contributed by atoms with Gasteiger partial charge in [0.05, 0.1) is 12.7 Å². The molecule has 0 aromatic heterocycles. The normalized spacial score (nSPS) is 21.5. The van der Waals surface area contributed by atoms with E-state index in [1.807, 2.05) is 0 Å². The smallest absolute Gasteiger partial charge is 0.326 e. The number of primary amides is 1. The molecule has 21 heavy (non-hydrogen) atoms. The van der Waals surface area contributed by atoms with Gasteiger partial charge in [-0.3, -0.25) is 9.59 Å². The molecule has 120 valence electrons. The lowest BCUT2D eigenvalue weighted by Crippen LogP contribution is -2.55. The van der Waals surface area contributed by atoms with Crippen molar-refractivity contribution in [3.05, 3.63) is 0 Å². The van der Waals surface area contributed by atoms with E-state index in [2.05, 4.69) is 5.32 Å². The van der Waals surface area contributed by atoms with Gasteiger partial charge < -0.3 is 16.2 Å². The van der Waals surface area contributed by atoms with Crippen LogP contribution in [-0.4, -0.2) is 60.5 Å². The molecule has 0 aromatic carbocycles. The highest BCUT2D eigenvalue weighted by Crippen LogP contribution is 2.20. The minimum Gasteiger partial charge on any atom is -0.480 e. The Bertz CT molecular complexity index is 532. The number of sulfonamides is 1. The number of carbonyl (C=O) groups is 3. The third-order valence-electron chi connectivity index (χ3n) is 3.20. The molecular formula is C11H19N3O6S. The number of carboxylic acids is 1. The van der Waals surface area contributed by atoms with Gasteiger partial charge in [0.1, 0.15) is 12.1 Å². The van der Waals surface area contributed by atoms with Gasteiger partial charge in [0.15, 0.2) is 0 Å². The van der Waals surface area contributed by atoms with Gasteiger partial charge in [-0.2, -0.15) is 4.31 Å². The third-order valence-corrected chi connectivity index (χ3v) is 4.49. The van der Waals surface area contributed by atoms with Crippen LogP contribution in [0.15, 0.2) is 0 Å². The molecule has 1 aliphatic rings. The van der Waals surface area contributed by atoms with Crippen LogP contribution in [-0.2, 0) is 24.4 Å². The van der Waals surface area contributed by atoms with Crippen molar-refractivity contribution in [2.75, 3.05) is 12.8 Å². The lowest BCUT2D eigenvalue weighted by Gasteiger charge is -2.33. The Hall–Kier alpha value is -1.68. The first-order chi connectivity index (χ1) is 9.62. The summed E-state index contributed by atoms with van der Waals surface area (Å²) in [5, 5.41) is 11.1. The zero-order chi connectivity index (χ0) is 16.2. The van der Waals surface area contributed by atoms with Gasteiger partial charge in [-0.05, 0) is 12.8 Å². The molecule has 1 rings (SSSR count). The molecule has 0 aromatic rings. The number of rotatable bonds is 6. The summed E-state index contributed by atoms with van der Waals surface area (Å²) in [4.78, 5) is 33.9. The lowest BCUT2D eigenvalue weighted by atomic mass is 10.0. The Morgan fingerprint density at radius 2 is 2.00 bits per heavy atom. The van der Waals surface area contributed by atoms with Crippen LogP contribution in [0.4, 0.5) is 0 Å². The molecular weight excluding hydrogens is 302 g/mol. The minimum atomic E-state index is -3.57. The molecule has 9 nitrogen and oxygen atoms in total. The number of nitrogens with zero attached hydrogens (tertiary/aromatic N) is 1. The van der Waals surface area contributed by atoms with E-state index in [9.17, 15) is 22.8 Å². The zero-order valence-electron chi connectivity index (χ0n) is 11.6. The number of aliphatic carboxylic acids is 1. The molecule has 4 N–H and O–H groups in total. The van der Waals surface area contributed by atoms with Gasteiger partial charge in [-0.1, -0.05) is 6.42 Å². The molecule has 0 bridgehead atoms. The quantitative estimate of drug-likeness (QED) is 0.528. The van der Waals surface area contributed by atoms with E-state index < -0.39 is 46.3 Å². The van der Waals surface area contributed by atoms with Gasteiger partial charge in [-0.15, -0.1) is 0 Å².